The van der Waals surface area contributed by atoms with Gasteiger partial charge >= 0.3 is 5.69 Å². The minimum atomic E-state index is -0.616. The molecule has 2 heterocycles. The van der Waals surface area contributed by atoms with Crippen molar-refractivity contribution in [2.45, 2.75) is 64.6 Å². The quantitative estimate of drug-likeness (QED) is 0.585. The summed E-state index contributed by atoms with van der Waals surface area (Å²) in [5.74, 6) is 1.40. The molecular weight excluding hydrogens is 406 g/mol. The molecule has 0 aromatic carbocycles. The van der Waals surface area contributed by atoms with E-state index in [4.69, 9.17) is 0 Å². The maximum atomic E-state index is 12.5. The lowest BCUT2D eigenvalue weighted by atomic mass is 9.47. The number of rotatable bonds is 0. The van der Waals surface area contributed by atoms with E-state index in [0.717, 1.165) is 43.4 Å². The van der Waals surface area contributed by atoms with Gasteiger partial charge in [0.1, 0.15) is 0 Å². The number of hydrogen-bond acceptors (Lipinski definition) is 5. The molecule has 3 N–H and O–H groups in total. The van der Waals surface area contributed by atoms with Crippen molar-refractivity contribution in [2.75, 3.05) is 0 Å². The smallest absolute Gasteiger partial charge is 0.349 e. The molecule has 0 bridgehead atoms. The maximum absolute atomic E-state index is 12.5. The molecule has 7 nitrogen and oxygen atoms in total. The first-order valence-corrected chi connectivity index (χ1v) is 11.8. The number of fused-ring (bicyclic) bond motifs is 7. The number of aromatic amines is 1. The lowest BCUT2D eigenvalue weighted by Gasteiger charge is -2.58. The van der Waals surface area contributed by atoms with Gasteiger partial charge in [0.05, 0.1) is 17.8 Å². The highest BCUT2D eigenvalue weighted by Gasteiger charge is 2.61. The molecule has 0 aromatic rings. The Bertz CT molecular complexity index is 1240. The molecule has 4 aliphatic carbocycles. The summed E-state index contributed by atoms with van der Waals surface area (Å²) in [7, 11) is 1.88. The van der Waals surface area contributed by atoms with E-state index in [0.29, 0.717) is 29.6 Å². The van der Waals surface area contributed by atoms with Gasteiger partial charge in [-0.3, -0.25) is 9.78 Å². The van der Waals surface area contributed by atoms with Crippen LogP contribution in [0.25, 0.3) is 17.5 Å². The number of aliphatic hydroxyl groups excluding tert-OH is 2. The summed E-state index contributed by atoms with van der Waals surface area (Å²) < 4.78 is 1.88. The molecule has 2 aliphatic heterocycles. The number of hydrogen-bond donors (Lipinski definition) is 3. The second kappa shape index (κ2) is 6.41. The fourth-order valence-corrected chi connectivity index (χ4v) is 8.15. The van der Waals surface area contributed by atoms with E-state index in [-0.39, 0.29) is 16.7 Å². The predicted octanol–water partition coefficient (Wildman–Crippen LogP) is 2.09. The van der Waals surface area contributed by atoms with Crippen molar-refractivity contribution >= 4 is 6.08 Å². The lowest BCUT2D eigenvalue weighted by molar-refractivity contribution is -0.0907. The summed E-state index contributed by atoms with van der Waals surface area (Å²) in [5, 5.41) is 21.6. The van der Waals surface area contributed by atoms with Crippen molar-refractivity contribution in [3.05, 3.63) is 43.7 Å². The first-order valence-electron chi connectivity index (χ1n) is 11.8. The van der Waals surface area contributed by atoms with Crippen LogP contribution in [-0.4, -0.2) is 37.0 Å². The van der Waals surface area contributed by atoms with Gasteiger partial charge in [-0.05, 0) is 78.4 Å². The predicted molar refractivity (Wildman–Crippen MR) is 120 cm³/mol. The summed E-state index contributed by atoms with van der Waals surface area (Å²) in [6, 6.07) is 1.92. The number of nitrogens with zero attached hydrogens (tertiary/aromatic N) is 2. The van der Waals surface area contributed by atoms with Crippen LogP contribution in [0.4, 0.5) is 0 Å². The number of pyridine rings is 1. The molecule has 0 aromatic heterocycles. The van der Waals surface area contributed by atoms with Crippen molar-refractivity contribution < 1.29 is 10.2 Å². The fraction of sp³-hybridized carbons (Fsp3) is 0.640. The Balaban J connectivity index is 1.47. The third-order valence-corrected chi connectivity index (χ3v) is 9.78. The van der Waals surface area contributed by atoms with E-state index in [1.807, 2.05) is 17.7 Å². The molecule has 3 fully saturated rings. The lowest BCUT2D eigenvalue weighted by Crippen LogP contribution is -2.53. The molecule has 0 saturated heterocycles. The summed E-state index contributed by atoms with van der Waals surface area (Å²) in [5.41, 5.74) is 2.77. The van der Waals surface area contributed by atoms with Crippen molar-refractivity contribution in [2.24, 2.45) is 35.6 Å². The molecule has 0 spiro atoms. The van der Waals surface area contributed by atoms with Gasteiger partial charge in [-0.2, -0.15) is 4.98 Å². The second-order valence-corrected chi connectivity index (χ2v) is 11.2. The molecule has 6 rings (SSSR count). The molecule has 6 aliphatic rings. The SMILES string of the molecule is Cn1c2nc(=O)[nH]c(=O)c-2cc2c1C=C1CC[C@H]3[C@@H]4[C@H](O)C[C@H](O)[C@@]4(C)CC[C@@H]3[C@@]1(C)C2. The van der Waals surface area contributed by atoms with Gasteiger partial charge in [-0.25, -0.2) is 4.79 Å². The van der Waals surface area contributed by atoms with Crippen LogP contribution in [-0.2, 0) is 13.5 Å². The maximum Gasteiger partial charge on any atom is 0.349 e. The summed E-state index contributed by atoms with van der Waals surface area (Å²) >= 11 is 0. The minimum absolute atomic E-state index is 0.0378. The summed E-state index contributed by atoms with van der Waals surface area (Å²) in [6.07, 6.45) is 6.73. The van der Waals surface area contributed by atoms with E-state index in [1.54, 1.807) is 0 Å². The molecule has 3 saturated carbocycles. The van der Waals surface area contributed by atoms with Gasteiger partial charge in [0.15, 0.2) is 5.82 Å². The van der Waals surface area contributed by atoms with Gasteiger partial charge in [-0.1, -0.05) is 19.4 Å². The van der Waals surface area contributed by atoms with E-state index < -0.39 is 23.5 Å². The zero-order valence-corrected chi connectivity index (χ0v) is 18.9. The zero-order valence-electron chi connectivity index (χ0n) is 18.9. The van der Waals surface area contributed by atoms with Gasteiger partial charge < -0.3 is 14.8 Å². The van der Waals surface area contributed by atoms with E-state index in [2.05, 4.69) is 29.9 Å². The third-order valence-electron chi connectivity index (χ3n) is 9.78. The highest BCUT2D eigenvalue weighted by atomic mass is 16.3. The van der Waals surface area contributed by atoms with Crippen LogP contribution < -0.4 is 11.2 Å². The Kier molecular flexibility index (Phi) is 4.08. The Morgan fingerprint density at radius 1 is 1.22 bits per heavy atom. The Morgan fingerprint density at radius 3 is 2.78 bits per heavy atom. The van der Waals surface area contributed by atoms with Crippen molar-refractivity contribution in [3.8, 4) is 11.4 Å². The number of aliphatic hydroxyl groups is 2. The van der Waals surface area contributed by atoms with Crippen molar-refractivity contribution in [3.63, 3.8) is 0 Å². The average Bonchev–Trinajstić information content (AvgIpc) is 2.96. The minimum Gasteiger partial charge on any atom is -0.393 e. The third kappa shape index (κ3) is 2.47. The van der Waals surface area contributed by atoms with Gasteiger partial charge in [0.2, 0.25) is 0 Å². The first kappa shape index (κ1) is 20.4. The molecule has 0 radical (unpaired) electrons. The summed E-state index contributed by atoms with van der Waals surface area (Å²) in [6.45, 7) is 4.53. The average molecular weight is 438 g/mol. The Labute approximate surface area is 186 Å². The summed E-state index contributed by atoms with van der Waals surface area (Å²) in [4.78, 5) is 30.6. The van der Waals surface area contributed by atoms with Gasteiger partial charge in [0, 0.05) is 19.2 Å². The van der Waals surface area contributed by atoms with Crippen molar-refractivity contribution in [1.29, 1.82) is 0 Å². The first-order chi connectivity index (χ1) is 15.1. The van der Waals surface area contributed by atoms with E-state index in [1.165, 1.54) is 5.57 Å². The monoisotopic (exact) mass is 437 g/mol. The number of nitrogens with one attached hydrogen (secondary N) is 1. The molecule has 7 atom stereocenters. The van der Waals surface area contributed by atoms with Crippen LogP contribution in [0.15, 0.2) is 21.2 Å². The van der Waals surface area contributed by atoms with Crippen LogP contribution in [0.5, 0.6) is 0 Å². The van der Waals surface area contributed by atoms with E-state index >= 15 is 0 Å². The second-order valence-electron chi connectivity index (χ2n) is 11.2. The molecule has 0 amide bonds. The van der Waals surface area contributed by atoms with Crippen LogP contribution in [0.2, 0.25) is 0 Å². The van der Waals surface area contributed by atoms with Crippen LogP contribution in [0, 0.1) is 28.6 Å². The Morgan fingerprint density at radius 2 is 2.00 bits per heavy atom. The molecule has 170 valence electrons. The molecule has 32 heavy (non-hydrogen) atoms. The fourth-order valence-electron chi connectivity index (χ4n) is 8.15. The standard InChI is InChI=1S/C25H31N3O4/c1-24-7-6-16-14(20(24)18(29)10-19(24)30)5-4-13-9-17-12(11-25(13,16)2)8-15-21(28(17)3)26-23(32)27-22(15)31/h8-9,14,16,18-20,29-30H,4-7,10-11H2,1-3H3,(H,27,31,32)/t14-,16+,18-,19+,20-,24-,25+/m1/s1. The highest BCUT2D eigenvalue weighted by Crippen LogP contribution is 2.65. The van der Waals surface area contributed by atoms with Crippen molar-refractivity contribution in [1.82, 2.24) is 14.5 Å². The number of allylic oxidation sites excluding steroid dienone is 1. The number of H-pyrrole nitrogens is 1. The Hall–Kier alpha value is -2.25. The van der Waals surface area contributed by atoms with Gasteiger partial charge in [-0.15, -0.1) is 0 Å². The largest absolute Gasteiger partial charge is 0.393 e. The highest BCUT2D eigenvalue weighted by molar-refractivity contribution is 5.67. The van der Waals surface area contributed by atoms with Crippen LogP contribution >= 0.6 is 0 Å². The molecule has 0 unspecified atom stereocenters. The normalized spacial score (nSPS) is 40.3. The molecular formula is C25H31N3O4. The molecule has 7 heteroatoms. The van der Waals surface area contributed by atoms with Crippen LogP contribution in [0.1, 0.15) is 57.2 Å². The van der Waals surface area contributed by atoms with E-state index in [9.17, 15) is 19.8 Å². The van der Waals surface area contributed by atoms with Crippen LogP contribution in [0.3, 0.4) is 0 Å². The number of aromatic nitrogens is 3. The topological polar surface area (TPSA) is 108 Å². The zero-order chi connectivity index (χ0) is 22.6. The van der Waals surface area contributed by atoms with Gasteiger partial charge in [0.25, 0.3) is 5.56 Å².